The molecule has 5 nitrogen and oxygen atoms in total. The van der Waals surface area contributed by atoms with Gasteiger partial charge in [-0.05, 0) is 37.6 Å². The maximum absolute atomic E-state index is 12.8. The molecule has 0 bridgehead atoms. The molecule has 0 radical (unpaired) electrons. The largest absolute Gasteiger partial charge is 0.344 e. The molecule has 144 valence electrons. The van der Waals surface area contributed by atoms with Crippen LogP contribution in [0.5, 0.6) is 0 Å². The second kappa shape index (κ2) is 10.6. The Bertz CT molecular complexity index is 583. The van der Waals surface area contributed by atoms with Crippen molar-refractivity contribution in [1.82, 2.24) is 15.1 Å². The number of hydrogen-bond donors (Lipinski definition) is 1. The smallest absolute Gasteiger partial charge is 0.246 e. The van der Waals surface area contributed by atoms with Crippen molar-refractivity contribution in [2.24, 2.45) is 0 Å². The Morgan fingerprint density at radius 1 is 1.15 bits per heavy atom. The molecule has 2 amide bonds. The Kier molecular flexibility index (Phi) is 8.45. The molecule has 0 aliphatic carbocycles. The number of aryl methyl sites for hydroxylation is 1. The fourth-order valence-electron chi connectivity index (χ4n) is 2.98. The summed E-state index contributed by atoms with van der Waals surface area (Å²) in [5.41, 5.74) is 1.35. The van der Waals surface area contributed by atoms with Crippen molar-refractivity contribution in [3.8, 4) is 0 Å². The van der Waals surface area contributed by atoms with Crippen LogP contribution < -0.4 is 5.32 Å². The molecule has 1 aromatic carbocycles. The second-order valence-electron chi connectivity index (χ2n) is 6.94. The van der Waals surface area contributed by atoms with Gasteiger partial charge >= 0.3 is 0 Å². The molecule has 0 spiro atoms. The molecular weight excluding hydrogens is 346 g/mol. The van der Waals surface area contributed by atoms with Crippen molar-refractivity contribution in [3.05, 3.63) is 29.8 Å². The number of unbranched alkanes of at least 4 members (excludes halogenated alkanes) is 1. The van der Waals surface area contributed by atoms with Crippen molar-refractivity contribution in [2.75, 3.05) is 39.0 Å². The van der Waals surface area contributed by atoms with E-state index in [2.05, 4.69) is 48.5 Å². The maximum atomic E-state index is 12.8. The first-order valence-corrected chi connectivity index (χ1v) is 10.4. The van der Waals surface area contributed by atoms with Gasteiger partial charge in [0.25, 0.3) is 0 Å². The van der Waals surface area contributed by atoms with Crippen LogP contribution in [0.1, 0.15) is 32.3 Å². The summed E-state index contributed by atoms with van der Waals surface area (Å²) in [6, 6.07) is 8.07. The van der Waals surface area contributed by atoms with E-state index in [1.54, 1.807) is 11.8 Å². The van der Waals surface area contributed by atoms with Crippen LogP contribution in [0.4, 0.5) is 0 Å². The highest BCUT2D eigenvalue weighted by Gasteiger charge is 2.27. The van der Waals surface area contributed by atoms with Crippen LogP contribution in [0, 0.1) is 0 Å². The third-order valence-electron chi connectivity index (χ3n) is 4.65. The van der Waals surface area contributed by atoms with E-state index in [0.717, 1.165) is 37.5 Å². The molecule has 1 N–H and O–H groups in total. The summed E-state index contributed by atoms with van der Waals surface area (Å²) in [4.78, 5) is 29.6. The van der Waals surface area contributed by atoms with Gasteiger partial charge in [0.15, 0.2) is 0 Å². The van der Waals surface area contributed by atoms with Crippen molar-refractivity contribution in [3.63, 3.8) is 0 Å². The zero-order valence-corrected chi connectivity index (χ0v) is 17.0. The van der Waals surface area contributed by atoms with E-state index in [0.29, 0.717) is 5.75 Å². The minimum Gasteiger partial charge on any atom is -0.344 e. The van der Waals surface area contributed by atoms with Crippen LogP contribution in [-0.2, 0) is 16.0 Å². The van der Waals surface area contributed by atoms with Crippen molar-refractivity contribution < 1.29 is 9.59 Å². The molecule has 0 saturated carbocycles. The molecule has 1 atom stereocenters. The van der Waals surface area contributed by atoms with Crippen molar-refractivity contribution in [2.45, 2.75) is 44.0 Å². The molecule has 1 fully saturated rings. The predicted octanol–water partition coefficient (Wildman–Crippen LogP) is 2.40. The maximum Gasteiger partial charge on any atom is 0.246 e. The summed E-state index contributed by atoms with van der Waals surface area (Å²) < 4.78 is 0. The summed E-state index contributed by atoms with van der Waals surface area (Å²) in [7, 11) is 2.06. The van der Waals surface area contributed by atoms with Crippen LogP contribution in [-0.4, -0.2) is 66.6 Å². The highest BCUT2D eigenvalue weighted by atomic mass is 32.2. The first-order valence-electron chi connectivity index (χ1n) is 9.45. The fraction of sp³-hybridized carbons (Fsp3) is 0.600. The molecule has 1 heterocycles. The Balaban J connectivity index is 1.92. The number of carbonyl (C=O) groups excluding carboxylic acids is 2. The average Bonchev–Trinajstić information content (AvgIpc) is 2.64. The minimum absolute atomic E-state index is 0.0281. The normalized spacial score (nSPS) is 16.3. The number of hydrogen-bond acceptors (Lipinski definition) is 4. The molecule has 1 aromatic rings. The molecule has 6 heteroatoms. The quantitative estimate of drug-likeness (QED) is 0.707. The topological polar surface area (TPSA) is 52.7 Å². The number of nitrogens with one attached hydrogen (secondary N) is 1. The molecule has 1 aliphatic rings. The zero-order chi connectivity index (χ0) is 18.9. The lowest BCUT2D eigenvalue weighted by molar-refractivity contribution is -0.136. The molecular formula is C20H31N3O2S. The van der Waals surface area contributed by atoms with Crippen LogP contribution in [0.25, 0.3) is 0 Å². The number of rotatable bonds is 8. The first-order chi connectivity index (χ1) is 12.5. The van der Waals surface area contributed by atoms with E-state index in [1.807, 2.05) is 4.90 Å². The van der Waals surface area contributed by atoms with Crippen LogP contribution in [0.15, 0.2) is 29.2 Å². The lowest BCUT2D eigenvalue weighted by atomic mass is 10.1. The Morgan fingerprint density at radius 3 is 2.38 bits per heavy atom. The number of thioether (sulfide) groups is 1. The predicted molar refractivity (Wildman–Crippen MR) is 107 cm³/mol. The van der Waals surface area contributed by atoms with Gasteiger partial charge in [0.1, 0.15) is 6.04 Å². The summed E-state index contributed by atoms with van der Waals surface area (Å²) >= 11 is 1.62. The SMILES string of the molecule is CCCCc1ccc(SCC(NC(C)=O)C(=O)N2CCN(C)CC2)cc1. The lowest BCUT2D eigenvalue weighted by Crippen LogP contribution is -2.54. The molecule has 0 aromatic heterocycles. The van der Waals surface area contributed by atoms with Crippen LogP contribution in [0.2, 0.25) is 0 Å². The van der Waals surface area contributed by atoms with Gasteiger partial charge in [-0.15, -0.1) is 11.8 Å². The zero-order valence-electron chi connectivity index (χ0n) is 16.2. The molecule has 1 aliphatic heterocycles. The fourth-order valence-corrected chi connectivity index (χ4v) is 3.89. The third-order valence-corrected chi connectivity index (χ3v) is 5.76. The highest BCUT2D eigenvalue weighted by molar-refractivity contribution is 7.99. The summed E-state index contributed by atoms with van der Waals surface area (Å²) in [6.45, 7) is 6.88. The number of carbonyl (C=O) groups is 2. The van der Waals surface area contributed by atoms with E-state index in [4.69, 9.17) is 0 Å². The van der Waals surface area contributed by atoms with E-state index >= 15 is 0 Å². The Labute approximate surface area is 161 Å². The van der Waals surface area contributed by atoms with Gasteiger partial charge < -0.3 is 15.1 Å². The standard InChI is InChI=1S/C20H31N3O2S/c1-4-5-6-17-7-9-18(10-8-17)26-15-19(21-16(2)24)20(25)23-13-11-22(3)12-14-23/h7-10,19H,4-6,11-15H2,1-3H3,(H,21,24). The number of likely N-dealkylation sites (N-methyl/N-ethyl adjacent to an activating group) is 1. The molecule has 26 heavy (non-hydrogen) atoms. The van der Waals surface area contributed by atoms with E-state index < -0.39 is 6.04 Å². The van der Waals surface area contributed by atoms with Crippen LogP contribution in [0.3, 0.4) is 0 Å². The summed E-state index contributed by atoms with van der Waals surface area (Å²) in [6.07, 6.45) is 3.51. The van der Waals surface area contributed by atoms with Gasteiger partial charge in [-0.25, -0.2) is 0 Å². The number of piperazine rings is 1. The van der Waals surface area contributed by atoms with Gasteiger partial charge in [-0.1, -0.05) is 25.5 Å². The van der Waals surface area contributed by atoms with Crippen molar-refractivity contribution in [1.29, 1.82) is 0 Å². The first kappa shape index (κ1) is 20.8. The minimum atomic E-state index is -0.472. The number of benzene rings is 1. The van der Waals surface area contributed by atoms with E-state index in [9.17, 15) is 9.59 Å². The average molecular weight is 378 g/mol. The van der Waals surface area contributed by atoms with Gasteiger partial charge in [-0.3, -0.25) is 9.59 Å². The summed E-state index contributed by atoms with van der Waals surface area (Å²) in [5, 5.41) is 2.83. The second-order valence-corrected chi connectivity index (χ2v) is 8.03. The number of amides is 2. The van der Waals surface area contributed by atoms with Gasteiger partial charge in [0.2, 0.25) is 11.8 Å². The van der Waals surface area contributed by atoms with Crippen molar-refractivity contribution >= 4 is 23.6 Å². The molecule has 2 rings (SSSR count). The monoisotopic (exact) mass is 377 g/mol. The Morgan fingerprint density at radius 2 is 1.81 bits per heavy atom. The van der Waals surface area contributed by atoms with Gasteiger partial charge in [0.05, 0.1) is 0 Å². The lowest BCUT2D eigenvalue weighted by Gasteiger charge is -2.34. The van der Waals surface area contributed by atoms with E-state index in [-0.39, 0.29) is 11.8 Å². The molecule has 1 unspecified atom stereocenters. The van der Waals surface area contributed by atoms with E-state index in [1.165, 1.54) is 25.3 Å². The number of nitrogens with zero attached hydrogens (tertiary/aromatic N) is 2. The van der Waals surface area contributed by atoms with Gasteiger partial charge in [-0.2, -0.15) is 0 Å². The third kappa shape index (κ3) is 6.65. The summed E-state index contributed by atoms with van der Waals surface area (Å²) in [5.74, 6) is 0.423. The molecule has 1 saturated heterocycles. The van der Waals surface area contributed by atoms with Crippen LogP contribution >= 0.6 is 11.8 Å². The van der Waals surface area contributed by atoms with Gasteiger partial charge in [0, 0.05) is 43.8 Å². The highest BCUT2D eigenvalue weighted by Crippen LogP contribution is 2.21. The Hall–Kier alpha value is -1.53.